The molecule has 0 aromatic heterocycles. The largest absolute Gasteiger partial charge is 0.432 e. The van der Waals surface area contributed by atoms with E-state index in [1.807, 2.05) is 6.92 Å². The number of esters is 1. The number of ether oxygens (including phenoxy) is 6. The highest BCUT2D eigenvalue weighted by molar-refractivity contribution is 5.78. The Hall–Kier alpha value is -1.76. The van der Waals surface area contributed by atoms with Gasteiger partial charge in [0.05, 0.1) is 42.9 Å². The van der Waals surface area contributed by atoms with Crippen LogP contribution in [0.5, 0.6) is 0 Å². The highest BCUT2D eigenvalue weighted by atomic mass is 16.8. The lowest BCUT2D eigenvalue weighted by Gasteiger charge is -2.72. The molecule has 0 radical (unpaired) electrons. The zero-order chi connectivity index (χ0) is 48.9. The van der Waals surface area contributed by atoms with Crippen LogP contribution in [0.4, 0.5) is 0 Å². The lowest BCUT2D eigenvalue weighted by molar-refractivity contribution is -0.361. The third-order valence-electron chi connectivity index (χ3n) is 19.7. The Morgan fingerprint density at radius 3 is 2.00 bits per heavy atom. The fourth-order valence-corrected chi connectivity index (χ4v) is 15.6. The molecule has 3 heterocycles. The summed E-state index contributed by atoms with van der Waals surface area (Å²) in [4.78, 5) is 27.7. The normalized spacial score (nSPS) is 55.3. The second kappa shape index (κ2) is 18.7. The van der Waals surface area contributed by atoms with Gasteiger partial charge < -0.3 is 89.4 Å². The first kappa shape index (κ1) is 51.6. The van der Waals surface area contributed by atoms with Gasteiger partial charge in [-0.2, -0.15) is 0 Å². The molecule has 0 unspecified atom stereocenters. The molecule has 0 aromatic rings. The Bertz CT molecular complexity index is 1820. The molecule has 3 saturated heterocycles. The number of rotatable bonds is 11. The van der Waals surface area contributed by atoms with Crippen molar-refractivity contribution < 1.29 is 94.2 Å². The molecule has 8 aliphatic rings. The maximum Gasteiger partial charge on any atom is 0.314 e. The summed E-state index contributed by atoms with van der Waals surface area (Å²) in [5.74, 6) is -0.837. The summed E-state index contributed by atoms with van der Waals surface area (Å²) in [5.41, 5.74) is -1.89. The molecule has 26 atom stereocenters. The molecule has 0 aromatic carbocycles. The number of carbonyl (C=O) groups is 2. The highest BCUT2D eigenvalue weighted by Gasteiger charge is 2.73. The number of aliphatic hydroxyl groups excluding tert-OH is 11. The zero-order valence-corrected chi connectivity index (χ0v) is 39.3. The van der Waals surface area contributed by atoms with Crippen LogP contribution in [0.1, 0.15) is 98.8 Å². The molecular weight excluding hydrogens is 881 g/mol. The summed E-state index contributed by atoms with van der Waals surface area (Å²) in [6.45, 7) is 13.0. The van der Waals surface area contributed by atoms with E-state index >= 15 is 0 Å². The molecule has 0 spiro atoms. The van der Waals surface area contributed by atoms with E-state index in [1.165, 1.54) is 6.92 Å². The standard InChI is InChI=1S/C48H76O19/c1-21(17-49)23-9-14-48(16-15-46(5)24(30(23)48)7-8-28-44(3)12-11-29(52)45(4,20-51)27(44)10-13-47(28,46)6)43(61)67-42-37(59)34(56)32(54)26(65-42)19-62-40-38(60)35(57)39(25(18-50)64-40)66-41-36(58)33(55)31(53)22(2)63-41/h20,22-42,49-50,52-60H,1,7-19H2,2-6H3/t22-,23-,24+,25+,26+,27+,28+,29+,30+,31-,32+,33+,34-,35+,36+,37+,38+,39+,40+,41-,42-,44-,45-,46+,47+,48-/m0/s1. The monoisotopic (exact) mass is 956 g/mol. The van der Waals surface area contributed by atoms with Crippen LogP contribution >= 0.6 is 0 Å². The Morgan fingerprint density at radius 2 is 1.33 bits per heavy atom. The lowest BCUT2D eigenvalue weighted by atomic mass is 9.32. The highest BCUT2D eigenvalue weighted by Crippen LogP contribution is 2.77. The minimum absolute atomic E-state index is 0.0109. The number of aldehydes is 1. The van der Waals surface area contributed by atoms with Crippen molar-refractivity contribution in [3.8, 4) is 0 Å². The molecule has 0 bridgehead atoms. The van der Waals surface area contributed by atoms with E-state index in [4.69, 9.17) is 28.4 Å². The van der Waals surface area contributed by atoms with Crippen LogP contribution in [0.15, 0.2) is 12.2 Å². The van der Waals surface area contributed by atoms with Gasteiger partial charge in [-0.25, -0.2) is 0 Å². The van der Waals surface area contributed by atoms with E-state index < -0.39 is 128 Å². The third kappa shape index (κ3) is 7.92. The molecule has 3 aliphatic heterocycles. The van der Waals surface area contributed by atoms with Crippen molar-refractivity contribution in [2.75, 3.05) is 19.8 Å². The predicted molar refractivity (Wildman–Crippen MR) is 230 cm³/mol. The average Bonchev–Trinajstić information content (AvgIpc) is 3.71. The van der Waals surface area contributed by atoms with Gasteiger partial charge >= 0.3 is 5.97 Å². The van der Waals surface area contributed by atoms with E-state index in [-0.39, 0.29) is 52.4 Å². The minimum atomic E-state index is -1.88. The predicted octanol–water partition coefficient (Wildman–Crippen LogP) is -0.825. The molecule has 67 heavy (non-hydrogen) atoms. The molecule has 19 nitrogen and oxygen atoms in total. The quantitative estimate of drug-likeness (QED) is 0.0685. The van der Waals surface area contributed by atoms with Crippen LogP contribution in [-0.2, 0) is 38.0 Å². The van der Waals surface area contributed by atoms with E-state index in [9.17, 15) is 65.8 Å². The fraction of sp³-hybridized carbons (Fsp3) is 0.917. The number of fused-ring (bicyclic) bond motifs is 7. The van der Waals surface area contributed by atoms with Gasteiger partial charge in [0.15, 0.2) is 12.6 Å². The molecular formula is C48H76O19. The smallest absolute Gasteiger partial charge is 0.314 e. The van der Waals surface area contributed by atoms with Gasteiger partial charge in [0.2, 0.25) is 6.29 Å². The van der Waals surface area contributed by atoms with Crippen LogP contribution in [-0.4, -0.2) is 186 Å². The maximum atomic E-state index is 15.0. The number of aliphatic hydroxyl groups is 11. The molecule has 8 fully saturated rings. The summed E-state index contributed by atoms with van der Waals surface area (Å²) < 4.78 is 34.6. The van der Waals surface area contributed by atoms with Crippen molar-refractivity contribution in [1.82, 2.24) is 0 Å². The summed E-state index contributed by atoms with van der Waals surface area (Å²) in [6, 6.07) is 0. The van der Waals surface area contributed by atoms with Gasteiger partial charge in [-0.3, -0.25) is 4.79 Å². The van der Waals surface area contributed by atoms with Gasteiger partial charge in [0.1, 0.15) is 73.4 Å². The summed E-state index contributed by atoms with van der Waals surface area (Å²) in [7, 11) is 0. The van der Waals surface area contributed by atoms with E-state index in [2.05, 4.69) is 27.4 Å². The number of hydrogen-bond acceptors (Lipinski definition) is 19. The van der Waals surface area contributed by atoms with Crippen molar-refractivity contribution in [1.29, 1.82) is 0 Å². The van der Waals surface area contributed by atoms with Gasteiger partial charge in [0, 0.05) is 0 Å². The van der Waals surface area contributed by atoms with Gasteiger partial charge in [-0.05, 0) is 123 Å². The first-order chi connectivity index (χ1) is 31.5. The minimum Gasteiger partial charge on any atom is -0.432 e. The molecule has 8 rings (SSSR count). The van der Waals surface area contributed by atoms with Crippen LogP contribution in [0.3, 0.4) is 0 Å². The van der Waals surface area contributed by atoms with E-state index in [0.717, 1.165) is 38.4 Å². The average molecular weight is 957 g/mol. The molecule has 5 saturated carbocycles. The maximum absolute atomic E-state index is 15.0. The van der Waals surface area contributed by atoms with Crippen molar-refractivity contribution in [2.45, 2.75) is 197 Å². The fourth-order valence-electron chi connectivity index (χ4n) is 15.6. The Morgan fingerprint density at radius 1 is 0.672 bits per heavy atom. The van der Waals surface area contributed by atoms with Gasteiger partial charge in [0.25, 0.3) is 0 Å². The molecule has 11 N–H and O–H groups in total. The first-order valence-corrected chi connectivity index (χ1v) is 24.4. The van der Waals surface area contributed by atoms with Gasteiger partial charge in [-0.15, -0.1) is 0 Å². The van der Waals surface area contributed by atoms with Gasteiger partial charge in [-0.1, -0.05) is 34.3 Å². The van der Waals surface area contributed by atoms with Crippen molar-refractivity contribution in [3.05, 3.63) is 12.2 Å². The van der Waals surface area contributed by atoms with Crippen LogP contribution in [0, 0.1) is 56.7 Å². The van der Waals surface area contributed by atoms with Crippen molar-refractivity contribution >= 4 is 12.3 Å². The second-order valence-corrected chi connectivity index (χ2v) is 22.6. The topological polar surface area (TPSA) is 312 Å². The SMILES string of the molecule is C=C(CO)[C@@H]1CC[C@]2(C(=O)O[C@@H]3O[C@H](CO[C@@H]4O[C@H](CO)[C@@H](O[C@@H]5O[C@@H](C)[C@H](O)[C@@H](O)[C@H]5O)[C@H](O)[C@H]4O)[C@@H](O)[C@H](O)[C@H]3O)CC[C@]3(C)[C@H](CC[C@@H]4[C@@]5(C)CC[C@@H](O)[C@@](C)(C=O)[C@@H]5CC[C@]43C)[C@@H]12. The Kier molecular flexibility index (Phi) is 14.4. The van der Waals surface area contributed by atoms with Crippen LogP contribution in [0.2, 0.25) is 0 Å². The molecule has 19 heteroatoms. The number of carbonyl (C=O) groups excluding carboxylic acids is 2. The van der Waals surface area contributed by atoms with E-state index in [1.54, 1.807) is 0 Å². The Balaban J connectivity index is 0.975. The molecule has 382 valence electrons. The van der Waals surface area contributed by atoms with Crippen molar-refractivity contribution in [3.63, 3.8) is 0 Å². The first-order valence-electron chi connectivity index (χ1n) is 24.4. The van der Waals surface area contributed by atoms with Crippen molar-refractivity contribution in [2.24, 2.45) is 56.7 Å². The zero-order valence-electron chi connectivity index (χ0n) is 39.3. The summed E-state index contributed by atoms with van der Waals surface area (Å²) in [5, 5.41) is 118. The summed E-state index contributed by atoms with van der Waals surface area (Å²) in [6.07, 6.45) is -17.5. The molecule has 5 aliphatic carbocycles. The lowest BCUT2D eigenvalue weighted by Crippen LogP contribution is -2.67. The van der Waals surface area contributed by atoms with Crippen LogP contribution < -0.4 is 0 Å². The van der Waals surface area contributed by atoms with Crippen LogP contribution in [0.25, 0.3) is 0 Å². The van der Waals surface area contributed by atoms with E-state index in [0.29, 0.717) is 37.7 Å². The molecule has 0 amide bonds. The summed E-state index contributed by atoms with van der Waals surface area (Å²) >= 11 is 0. The third-order valence-corrected chi connectivity index (χ3v) is 19.7. The Labute approximate surface area is 391 Å². The second-order valence-electron chi connectivity index (χ2n) is 22.6. The number of hydrogen-bond donors (Lipinski definition) is 11.